The molecule has 0 aromatic heterocycles. The van der Waals surface area contributed by atoms with Crippen molar-refractivity contribution >= 4 is 48.2 Å². The van der Waals surface area contributed by atoms with Gasteiger partial charge in [0, 0.05) is 26.6 Å². The summed E-state index contributed by atoms with van der Waals surface area (Å²) in [5.74, 6) is 0.937. The van der Waals surface area contributed by atoms with Crippen molar-refractivity contribution in [3.63, 3.8) is 0 Å². The molecule has 0 saturated heterocycles. The molecule has 0 heterocycles. The Hall–Kier alpha value is -3.94. The summed E-state index contributed by atoms with van der Waals surface area (Å²) in [6.45, 7) is 19.1. The van der Waals surface area contributed by atoms with E-state index in [4.69, 9.17) is 0 Å². The van der Waals surface area contributed by atoms with E-state index in [-0.39, 0.29) is 16.7 Å². The predicted octanol–water partition coefficient (Wildman–Crippen LogP) is 13.7. The molecule has 7 aromatic carbocycles. The molecule has 0 saturated carbocycles. The number of benzene rings is 7. The molecule has 0 nitrogen and oxygen atoms in total. The predicted molar refractivity (Wildman–Crippen MR) is 210 cm³/mol. The van der Waals surface area contributed by atoms with Crippen molar-refractivity contribution in [3.05, 3.63) is 152 Å². The zero-order chi connectivity index (χ0) is 33.4. The van der Waals surface area contributed by atoms with Crippen LogP contribution in [0, 0.1) is 0 Å². The van der Waals surface area contributed by atoms with Crippen LogP contribution in [0.4, 0.5) is 0 Å². The molecule has 0 amide bonds. The SMILES string of the molecule is CC(C)c1cc2ccc(C3c4ccccc4C(C)(C)c4cc5c(cc43)C(C)(C)c3ccccc3-5)c3c(C(C)C)cc4ccc(Br)c1c4c23. The fourth-order valence-electron chi connectivity index (χ4n) is 9.74. The van der Waals surface area contributed by atoms with Crippen molar-refractivity contribution in [1.82, 2.24) is 0 Å². The Kier molecular flexibility index (Phi) is 6.31. The van der Waals surface area contributed by atoms with Crippen molar-refractivity contribution in [1.29, 1.82) is 0 Å². The number of fused-ring (bicyclic) bond motifs is 5. The van der Waals surface area contributed by atoms with Gasteiger partial charge in [-0.3, -0.25) is 0 Å². The highest BCUT2D eigenvalue weighted by atomic mass is 79.9. The summed E-state index contributed by atoms with van der Waals surface area (Å²) in [4.78, 5) is 0. The van der Waals surface area contributed by atoms with Crippen LogP contribution in [0.25, 0.3) is 43.4 Å². The maximum absolute atomic E-state index is 4.01. The Morgan fingerprint density at radius 3 is 1.77 bits per heavy atom. The van der Waals surface area contributed by atoms with Gasteiger partial charge in [-0.1, -0.05) is 156 Å². The van der Waals surface area contributed by atoms with Gasteiger partial charge in [-0.15, -0.1) is 0 Å². The normalized spacial score (nSPS) is 17.4. The zero-order valence-electron chi connectivity index (χ0n) is 29.3. The van der Waals surface area contributed by atoms with E-state index in [9.17, 15) is 0 Å². The fraction of sp³-hybridized carbons (Fsp3) is 0.277. The second-order valence-electron chi connectivity index (χ2n) is 16.2. The van der Waals surface area contributed by atoms with Gasteiger partial charge >= 0.3 is 0 Å². The van der Waals surface area contributed by atoms with Crippen molar-refractivity contribution in [2.24, 2.45) is 0 Å². The van der Waals surface area contributed by atoms with Crippen LogP contribution in [0.5, 0.6) is 0 Å². The van der Waals surface area contributed by atoms with Crippen molar-refractivity contribution < 1.29 is 0 Å². The molecule has 0 N–H and O–H groups in total. The zero-order valence-corrected chi connectivity index (χ0v) is 30.9. The van der Waals surface area contributed by atoms with Crippen LogP contribution in [0.1, 0.15) is 123 Å². The number of rotatable bonds is 3. The minimum absolute atomic E-state index is 0.0576. The highest BCUT2D eigenvalue weighted by Gasteiger charge is 2.43. The molecule has 0 fully saturated rings. The molecule has 9 rings (SSSR count). The van der Waals surface area contributed by atoms with E-state index in [1.54, 1.807) is 0 Å². The first-order valence-electron chi connectivity index (χ1n) is 17.7. The summed E-state index contributed by atoms with van der Waals surface area (Å²) >= 11 is 4.01. The molecule has 238 valence electrons. The highest BCUT2D eigenvalue weighted by molar-refractivity contribution is 9.10. The average molecular weight is 688 g/mol. The molecule has 2 aliphatic carbocycles. The minimum atomic E-state index is -0.124. The third-order valence-corrected chi connectivity index (χ3v) is 12.8. The molecule has 48 heavy (non-hydrogen) atoms. The Morgan fingerprint density at radius 2 is 1.06 bits per heavy atom. The summed E-state index contributed by atoms with van der Waals surface area (Å²) in [6.07, 6.45) is 0. The van der Waals surface area contributed by atoms with Crippen LogP contribution < -0.4 is 0 Å². The lowest BCUT2D eigenvalue weighted by Gasteiger charge is -2.41. The number of halogens is 1. The lowest BCUT2D eigenvalue weighted by molar-refractivity contribution is 0.594. The molecule has 7 aromatic rings. The van der Waals surface area contributed by atoms with E-state index in [0.717, 1.165) is 0 Å². The number of hydrogen-bond donors (Lipinski definition) is 0. The third-order valence-electron chi connectivity index (χ3n) is 12.1. The van der Waals surface area contributed by atoms with Gasteiger partial charge in [-0.2, -0.15) is 0 Å². The van der Waals surface area contributed by atoms with Gasteiger partial charge in [0.1, 0.15) is 0 Å². The lowest BCUT2D eigenvalue weighted by Crippen LogP contribution is -2.30. The summed E-state index contributed by atoms with van der Waals surface area (Å²) < 4.78 is 1.19. The van der Waals surface area contributed by atoms with Gasteiger partial charge in [-0.25, -0.2) is 0 Å². The second-order valence-corrected chi connectivity index (χ2v) is 17.0. The van der Waals surface area contributed by atoms with E-state index in [1.165, 1.54) is 98.0 Å². The molecule has 1 atom stereocenters. The third kappa shape index (κ3) is 3.83. The van der Waals surface area contributed by atoms with Crippen molar-refractivity contribution in [2.45, 2.75) is 84.0 Å². The first-order chi connectivity index (χ1) is 22.9. The standard InChI is InChI=1S/C47H43Br/c1-25(2)32-21-28-18-20-40(48)45-33(26(3)4)22-27-17-19-31(44(32)41(27)42(28)45)43-30-14-10-12-16-37(30)47(7,8)39-23-34-29-13-9-11-15-36(29)46(5,6)38(34)24-35(39)43/h9-26,43H,1-8H3. The Morgan fingerprint density at radius 1 is 0.479 bits per heavy atom. The largest absolute Gasteiger partial charge is 0.0619 e. The van der Waals surface area contributed by atoms with E-state index in [2.05, 4.69) is 168 Å². The topological polar surface area (TPSA) is 0 Å². The van der Waals surface area contributed by atoms with Gasteiger partial charge in [0.2, 0.25) is 0 Å². The van der Waals surface area contributed by atoms with E-state index >= 15 is 0 Å². The van der Waals surface area contributed by atoms with Crippen LogP contribution in [0.3, 0.4) is 0 Å². The summed E-state index contributed by atoms with van der Waals surface area (Å²) in [5.41, 5.74) is 15.6. The van der Waals surface area contributed by atoms with Gasteiger partial charge in [0.25, 0.3) is 0 Å². The molecule has 1 unspecified atom stereocenters. The molecule has 0 aliphatic heterocycles. The Balaban J connectivity index is 1.44. The average Bonchev–Trinajstić information content (AvgIpc) is 3.29. The van der Waals surface area contributed by atoms with E-state index < -0.39 is 0 Å². The Labute approximate surface area is 293 Å². The van der Waals surface area contributed by atoms with E-state index in [0.29, 0.717) is 11.8 Å². The van der Waals surface area contributed by atoms with Crippen LogP contribution in [0.2, 0.25) is 0 Å². The van der Waals surface area contributed by atoms with Gasteiger partial charge in [0.15, 0.2) is 0 Å². The first kappa shape index (κ1) is 30.1. The van der Waals surface area contributed by atoms with Crippen LogP contribution >= 0.6 is 15.9 Å². The van der Waals surface area contributed by atoms with Crippen LogP contribution in [-0.4, -0.2) is 0 Å². The fourth-order valence-corrected chi connectivity index (χ4v) is 10.3. The maximum Gasteiger partial charge on any atom is 0.0352 e. The Bertz CT molecular complexity index is 2470. The molecular weight excluding hydrogens is 644 g/mol. The number of hydrogen-bond acceptors (Lipinski definition) is 0. The molecule has 2 aliphatic rings. The summed E-state index contributed by atoms with van der Waals surface area (Å²) in [5, 5.41) is 8.34. The monoisotopic (exact) mass is 686 g/mol. The van der Waals surface area contributed by atoms with E-state index in [1.807, 2.05) is 0 Å². The maximum atomic E-state index is 4.01. The summed E-state index contributed by atoms with van der Waals surface area (Å²) in [7, 11) is 0. The minimum Gasteiger partial charge on any atom is -0.0619 e. The smallest absolute Gasteiger partial charge is 0.0352 e. The molecular formula is C47H43Br. The van der Waals surface area contributed by atoms with Gasteiger partial charge in [0.05, 0.1) is 0 Å². The van der Waals surface area contributed by atoms with Crippen molar-refractivity contribution in [3.8, 4) is 11.1 Å². The molecule has 0 spiro atoms. The summed E-state index contributed by atoms with van der Waals surface area (Å²) in [6, 6.07) is 38.1. The molecule has 0 bridgehead atoms. The molecule has 1 heteroatoms. The van der Waals surface area contributed by atoms with Gasteiger partial charge < -0.3 is 0 Å². The first-order valence-corrected chi connectivity index (χ1v) is 18.5. The quantitative estimate of drug-likeness (QED) is 0.162. The second kappa shape index (κ2) is 10.1. The lowest BCUT2D eigenvalue weighted by atomic mass is 9.62. The van der Waals surface area contributed by atoms with Crippen LogP contribution in [-0.2, 0) is 10.8 Å². The van der Waals surface area contributed by atoms with Gasteiger partial charge in [-0.05, 0) is 112 Å². The highest BCUT2D eigenvalue weighted by Crippen LogP contribution is 2.57. The van der Waals surface area contributed by atoms with Crippen molar-refractivity contribution in [2.75, 3.05) is 0 Å². The molecule has 0 radical (unpaired) electrons. The van der Waals surface area contributed by atoms with Crippen LogP contribution in [0.15, 0.2) is 102 Å².